The molecule has 0 bridgehead atoms. The van der Waals surface area contributed by atoms with Gasteiger partial charge in [-0.15, -0.1) is 0 Å². The van der Waals surface area contributed by atoms with Crippen molar-refractivity contribution in [2.45, 2.75) is 31.3 Å². The van der Waals surface area contributed by atoms with Crippen molar-refractivity contribution < 1.29 is 22.8 Å². The molecule has 0 unspecified atom stereocenters. The molecule has 1 amide bonds. The van der Waals surface area contributed by atoms with Gasteiger partial charge in [-0.3, -0.25) is 4.79 Å². The molecule has 0 atom stereocenters. The topological polar surface area (TPSA) is 64.4 Å². The maximum atomic E-state index is 14.1. The van der Waals surface area contributed by atoms with Gasteiger partial charge < -0.3 is 14.6 Å². The van der Waals surface area contributed by atoms with E-state index in [1.165, 1.54) is 31.4 Å². The Labute approximate surface area is 138 Å². The molecule has 1 aromatic carbocycles. The van der Waals surface area contributed by atoms with Crippen LogP contribution in [-0.2, 0) is 16.8 Å². The number of aromatic nitrogens is 1. The molecular formula is C17H18F2N2O3. The first kappa shape index (κ1) is 16.6. The number of hydrogen-bond acceptors (Lipinski definition) is 4. The van der Waals surface area contributed by atoms with E-state index in [1.54, 1.807) is 0 Å². The summed E-state index contributed by atoms with van der Waals surface area (Å²) in [6.07, 6.45) is 2.11. The molecule has 1 aliphatic rings. The molecule has 24 heavy (non-hydrogen) atoms. The number of methoxy groups -OCH3 is 1. The highest BCUT2D eigenvalue weighted by Crippen LogP contribution is 2.45. The molecule has 1 aromatic heterocycles. The van der Waals surface area contributed by atoms with Crippen molar-refractivity contribution in [2.75, 3.05) is 13.7 Å². The van der Waals surface area contributed by atoms with Crippen molar-refractivity contribution in [3.63, 3.8) is 0 Å². The summed E-state index contributed by atoms with van der Waals surface area (Å²) in [5.74, 6) is -1.16. The Balaban J connectivity index is 1.73. The SMILES string of the molecule is COCc1cc(C(=O)NCC2(c3c(F)cccc3F)CCC2)no1. The van der Waals surface area contributed by atoms with E-state index in [9.17, 15) is 13.6 Å². The third kappa shape index (κ3) is 3.03. The summed E-state index contributed by atoms with van der Waals surface area (Å²) in [6.45, 7) is 0.362. The molecule has 0 saturated heterocycles. The molecule has 3 rings (SSSR count). The third-order valence-electron chi connectivity index (χ3n) is 4.47. The zero-order chi connectivity index (χ0) is 17.2. The summed E-state index contributed by atoms with van der Waals surface area (Å²) >= 11 is 0. The molecule has 0 radical (unpaired) electrons. The Bertz CT molecular complexity index is 721. The first-order valence-corrected chi connectivity index (χ1v) is 7.73. The number of amides is 1. The van der Waals surface area contributed by atoms with Gasteiger partial charge in [0.25, 0.3) is 5.91 Å². The van der Waals surface area contributed by atoms with Crippen molar-refractivity contribution in [1.29, 1.82) is 0 Å². The summed E-state index contributed by atoms with van der Waals surface area (Å²) in [6, 6.07) is 5.31. The van der Waals surface area contributed by atoms with Crippen LogP contribution in [0, 0.1) is 11.6 Å². The lowest BCUT2D eigenvalue weighted by Gasteiger charge is -2.42. The monoisotopic (exact) mass is 336 g/mol. The predicted molar refractivity (Wildman–Crippen MR) is 81.4 cm³/mol. The predicted octanol–water partition coefficient (Wildman–Crippen LogP) is 2.95. The van der Waals surface area contributed by atoms with Crippen LogP contribution >= 0.6 is 0 Å². The molecule has 1 heterocycles. The normalized spacial score (nSPS) is 15.8. The number of ether oxygens (including phenoxy) is 1. The standard InChI is InChI=1S/C17H18F2N2O3/c1-23-9-11-8-14(21-24-11)16(22)20-10-17(6-3-7-17)15-12(18)4-2-5-13(15)19/h2,4-5,8H,3,6-7,9-10H2,1H3,(H,20,22). The van der Waals surface area contributed by atoms with Crippen LogP contribution in [0.2, 0.25) is 0 Å². The van der Waals surface area contributed by atoms with Crippen LogP contribution in [-0.4, -0.2) is 24.7 Å². The Morgan fingerprint density at radius 1 is 1.38 bits per heavy atom. The van der Waals surface area contributed by atoms with Crippen LogP contribution in [0.5, 0.6) is 0 Å². The average molecular weight is 336 g/mol. The van der Waals surface area contributed by atoms with Gasteiger partial charge in [-0.1, -0.05) is 17.6 Å². The van der Waals surface area contributed by atoms with E-state index in [2.05, 4.69) is 10.5 Å². The number of carbonyl (C=O) groups is 1. The Kier molecular flexibility index (Phi) is 4.62. The van der Waals surface area contributed by atoms with Crippen LogP contribution in [0.25, 0.3) is 0 Å². The van der Waals surface area contributed by atoms with E-state index in [0.29, 0.717) is 18.6 Å². The summed E-state index contributed by atoms with van der Waals surface area (Å²) in [4.78, 5) is 12.2. The first-order valence-electron chi connectivity index (χ1n) is 7.73. The fourth-order valence-electron chi connectivity index (χ4n) is 3.09. The van der Waals surface area contributed by atoms with Gasteiger partial charge in [0.2, 0.25) is 0 Å². The maximum absolute atomic E-state index is 14.1. The average Bonchev–Trinajstić information content (AvgIpc) is 2.97. The van der Waals surface area contributed by atoms with E-state index in [1.807, 2.05) is 0 Å². The minimum Gasteiger partial charge on any atom is -0.377 e. The highest BCUT2D eigenvalue weighted by Gasteiger charge is 2.42. The van der Waals surface area contributed by atoms with Crippen LogP contribution in [0.4, 0.5) is 8.78 Å². The molecule has 1 fully saturated rings. The van der Waals surface area contributed by atoms with Crippen LogP contribution in [0.3, 0.4) is 0 Å². The minimum atomic E-state index is -0.704. The second kappa shape index (κ2) is 6.68. The van der Waals surface area contributed by atoms with Gasteiger partial charge in [0.05, 0.1) is 0 Å². The Morgan fingerprint density at radius 3 is 2.67 bits per heavy atom. The number of carbonyl (C=O) groups excluding carboxylic acids is 1. The number of rotatable bonds is 6. The number of hydrogen-bond donors (Lipinski definition) is 1. The zero-order valence-corrected chi connectivity index (χ0v) is 13.3. The van der Waals surface area contributed by atoms with Crippen molar-refractivity contribution in [2.24, 2.45) is 0 Å². The molecule has 128 valence electrons. The number of benzene rings is 1. The van der Waals surface area contributed by atoms with Gasteiger partial charge in [0.1, 0.15) is 18.2 Å². The van der Waals surface area contributed by atoms with Gasteiger partial charge in [-0.25, -0.2) is 8.78 Å². The van der Waals surface area contributed by atoms with E-state index in [-0.39, 0.29) is 24.4 Å². The van der Waals surface area contributed by atoms with E-state index in [0.717, 1.165) is 6.42 Å². The lowest BCUT2D eigenvalue weighted by atomic mass is 9.64. The Morgan fingerprint density at radius 2 is 2.08 bits per heavy atom. The second-order valence-electron chi connectivity index (χ2n) is 6.02. The van der Waals surface area contributed by atoms with Gasteiger partial charge in [0, 0.05) is 30.7 Å². The highest BCUT2D eigenvalue weighted by atomic mass is 19.1. The number of halogens is 2. The van der Waals surface area contributed by atoms with Crippen LogP contribution in [0.1, 0.15) is 41.1 Å². The van der Waals surface area contributed by atoms with Crippen LogP contribution in [0.15, 0.2) is 28.8 Å². The van der Waals surface area contributed by atoms with Gasteiger partial charge in [-0.05, 0) is 25.0 Å². The first-order chi connectivity index (χ1) is 11.6. The van der Waals surface area contributed by atoms with Crippen molar-refractivity contribution in [3.8, 4) is 0 Å². The molecule has 1 aliphatic carbocycles. The van der Waals surface area contributed by atoms with Crippen molar-refractivity contribution >= 4 is 5.91 Å². The lowest BCUT2D eigenvalue weighted by Crippen LogP contribution is -2.46. The summed E-state index contributed by atoms with van der Waals surface area (Å²) in [5, 5.41) is 6.39. The van der Waals surface area contributed by atoms with Crippen molar-refractivity contribution in [1.82, 2.24) is 10.5 Å². The third-order valence-corrected chi connectivity index (χ3v) is 4.47. The van der Waals surface area contributed by atoms with Gasteiger partial charge >= 0.3 is 0 Å². The fraction of sp³-hybridized carbons (Fsp3) is 0.412. The second-order valence-corrected chi connectivity index (χ2v) is 6.02. The van der Waals surface area contributed by atoms with Crippen molar-refractivity contribution in [3.05, 3.63) is 52.9 Å². The lowest BCUT2D eigenvalue weighted by molar-refractivity contribution is 0.0915. The largest absolute Gasteiger partial charge is 0.377 e. The number of nitrogens with zero attached hydrogens (tertiary/aromatic N) is 1. The summed E-state index contributed by atoms with van der Waals surface area (Å²) < 4.78 is 38.1. The molecule has 5 nitrogen and oxygen atoms in total. The molecular weight excluding hydrogens is 318 g/mol. The molecule has 1 saturated carbocycles. The maximum Gasteiger partial charge on any atom is 0.273 e. The minimum absolute atomic E-state index is 0.0526. The summed E-state index contributed by atoms with van der Waals surface area (Å²) in [7, 11) is 1.51. The van der Waals surface area contributed by atoms with Gasteiger partial charge in [0.15, 0.2) is 11.5 Å². The molecule has 2 aromatic rings. The number of nitrogens with one attached hydrogen (secondary N) is 1. The molecule has 7 heteroatoms. The zero-order valence-electron chi connectivity index (χ0n) is 13.3. The van der Waals surface area contributed by atoms with Gasteiger partial charge in [-0.2, -0.15) is 0 Å². The molecule has 1 N–H and O–H groups in total. The van der Waals surface area contributed by atoms with E-state index in [4.69, 9.17) is 9.26 Å². The smallest absolute Gasteiger partial charge is 0.273 e. The quantitative estimate of drug-likeness (QED) is 0.881. The van der Waals surface area contributed by atoms with E-state index < -0.39 is 23.0 Å². The van der Waals surface area contributed by atoms with E-state index >= 15 is 0 Å². The summed E-state index contributed by atoms with van der Waals surface area (Å²) in [5.41, 5.74) is -0.535. The molecule has 0 aliphatic heterocycles. The highest BCUT2D eigenvalue weighted by molar-refractivity contribution is 5.92. The fourth-order valence-corrected chi connectivity index (χ4v) is 3.09. The van der Waals surface area contributed by atoms with Crippen LogP contribution < -0.4 is 5.32 Å². The Hall–Kier alpha value is -2.28. The molecule has 0 spiro atoms.